The van der Waals surface area contributed by atoms with Crippen LogP contribution >= 0.6 is 23.2 Å². The number of carbonyl (C=O) groups excluding carboxylic acids is 3. The zero-order chi connectivity index (χ0) is 27.9. The number of benzene rings is 3. The second-order valence-corrected chi connectivity index (χ2v) is 8.52. The zero-order valence-corrected chi connectivity index (χ0v) is 21.1. The lowest BCUT2D eigenvalue weighted by Crippen LogP contribution is -2.18. The van der Waals surface area contributed by atoms with Gasteiger partial charge in [0.1, 0.15) is 0 Å². The van der Waals surface area contributed by atoms with Gasteiger partial charge in [-0.2, -0.15) is 5.10 Å². The molecule has 0 bridgehead atoms. The van der Waals surface area contributed by atoms with E-state index in [4.69, 9.17) is 32.4 Å². The topological polar surface area (TPSA) is 153 Å². The fourth-order valence-electron chi connectivity index (χ4n) is 3.23. The molecule has 0 radical (unpaired) electrons. The highest BCUT2D eigenvalue weighted by Gasteiger charge is 2.23. The van der Waals surface area contributed by atoms with Crippen LogP contribution in [0.1, 0.15) is 36.8 Å². The summed E-state index contributed by atoms with van der Waals surface area (Å²) in [4.78, 5) is 48.1. The van der Waals surface area contributed by atoms with Gasteiger partial charge in [0.25, 0.3) is 11.8 Å². The third kappa shape index (κ3) is 6.66. The average molecular weight is 567 g/mol. The Balaban J connectivity index is 1.47. The predicted octanol–water partition coefficient (Wildman–Crippen LogP) is 5.73. The molecule has 0 unspecified atom stereocenters. The fraction of sp³-hybridized carbons (Fsp3) is 0. The van der Waals surface area contributed by atoms with Gasteiger partial charge in [-0.15, -0.1) is 0 Å². The van der Waals surface area contributed by atoms with Crippen LogP contribution in [-0.4, -0.2) is 28.9 Å². The van der Waals surface area contributed by atoms with Crippen molar-refractivity contribution in [2.45, 2.75) is 0 Å². The van der Waals surface area contributed by atoms with Crippen LogP contribution in [0.15, 0.2) is 88.6 Å². The second kappa shape index (κ2) is 12.0. The Morgan fingerprint density at radius 3 is 2.41 bits per heavy atom. The molecule has 4 rings (SSSR count). The maximum Gasteiger partial charge on any atom is 0.345 e. The van der Waals surface area contributed by atoms with Crippen LogP contribution in [0.3, 0.4) is 0 Å². The van der Waals surface area contributed by atoms with Crippen LogP contribution in [0.4, 0.5) is 11.4 Å². The van der Waals surface area contributed by atoms with E-state index in [1.54, 1.807) is 6.07 Å². The highest BCUT2D eigenvalue weighted by Crippen LogP contribution is 2.32. The summed E-state index contributed by atoms with van der Waals surface area (Å²) in [5.41, 5.74) is 2.41. The number of ether oxygens (including phenoxy) is 1. The number of hydrazone groups is 1. The molecule has 0 saturated heterocycles. The number of rotatable bonds is 8. The van der Waals surface area contributed by atoms with Gasteiger partial charge in [0.2, 0.25) is 5.75 Å². The van der Waals surface area contributed by atoms with E-state index in [0.717, 1.165) is 12.3 Å². The van der Waals surface area contributed by atoms with Crippen molar-refractivity contribution >= 4 is 58.6 Å². The predicted molar refractivity (Wildman–Crippen MR) is 143 cm³/mol. The summed E-state index contributed by atoms with van der Waals surface area (Å²) in [5.74, 6) is -2.27. The van der Waals surface area contributed by atoms with E-state index in [1.165, 1.54) is 66.9 Å². The molecule has 2 amide bonds. The molecule has 1 heterocycles. The Kier molecular flexibility index (Phi) is 8.34. The van der Waals surface area contributed by atoms with Crippen molar-refractivity contribution in [2.24, 2.45) is 5.10 Å². The number of esters is 1. The Morgan fingerprint density at radius 2 is 1.74 bits per heavy atom. The van der Waals surface area contributed by atoms with E-state index in [-0.39, 0.29) is 27.5 Å². The van der Waals surface area contributed by atoms with Gasteiger partial charge in [-0.25, -0.2) is 10.2 Å². The van der Waals surface area contributed by atoms with E-state index < -0.39 is 34.1 Å². The van der Waals surface area contributed by atoms with Crippen LogP contribution in [0.2, 0.25) is 10.0 Å². The number of nitro benzene ring substituents is 1. The normalized spacial score (nSPS) is 10.7. The number of carbonyl (C=O) groups is 3. The van der Waals surface area contributed by atoms with Crippen molar-refractivity contribution in [2.75, 3.05) is 5.32 Å². The number of furan rings is 1. The SMILES string of the molecule is O=C(N/N=C/c1cccc([N+](=O)[O-])c1OC(=O)c1ccc(Cl)cc1Cl)c1ccc(NC(=O)c2ccco2)cc1. The first-order chi connectivity index (χ1) is 18.7. The van der Waals surface area contributed by atoms with Crippen molar-refractivity contribution in [3.05, 3.63) is 122 Å². The number of anilines is 1. The van der Waals surface area contributed by atoms with E-state index in [2.05, 4.69) is 15.8 Å². The first-order valence-electron chi connectivity index (χ1n) is 11.0. The lowest BCUT2D eigenvalue weighted by Gasteiger charge is -2.09. The Bertz CT molecular complexity index is 1590. The summed E-state index contributed by atoms with van der Waals surface area (Å²) in [6, 6.07) is 17.0. The maximum absolute atomic E-state index is 12.7. The van der Waals surface area contributed by atoms with Gasteiger partial charge in [0.15, 0.2) is 5.76 Å². The van der Waals surface area contributed by atoms with Gasteiger partial charge >= 0.3 is 11.7 Å². The van der Waals surface area contributed by atoms with Crippen molar-refractivity contribution in [3.8, 4) is 5.75 Å². The van der Waals surface area contributed by atoms with Gasteiger partial charge in [-0.3, -0.25) is 19.7 Å². The molecule has 0 atom stereocenters. The van der Waals surface area contributed by atoms with Crippen molar-refractivity contribution < 1.29 is 28.5 Å². The molecule has 3 aromatic carbocycles. The highest BCUT2D eigenvalue weighted by atomic mass is 35.5. The number of nitrogens with one attached hydrogen (secondary N) is 2. The molecule has 13 heteroatoms. The molecule has 39 heavy (non-hydrogen) atoms. The number of para-hydroxylation sites is 1. The fourth-order valence-corrected chi connectivity index (χ4v) is 3.72. The van der Waals surface area contributed by atoms with Gasteiger partial charge in [-0.05, 0) is 60.7 Å². The molecule has 0 aliphatic heterocycles. The summed E-state index contributed by atoms with van der Waals surface area (Å²) >= 11 is 11.9. The minimum atomic E-state index is -0.955. The van der Waals surface area contributed by atoms with Crippen molar-refractivity contribution in [1.82, 2.24) is 5.43 Å². The van der Waals surface area contributed by atoms with Gasteiger partial charge in [-0.1, -0.05) is 29.3 Å². The summed E-state index contributed by atoms with van der Waals surface area (Å²) in [5, 5.41) is 18.3. The average Bonchev–Trinajstić information content (AvgIpc) is 3.45. The minimum absolute atomic E-state index is 0.000106. The summed E-state index contributed by atoms with van der Waals surface area (Å²) in [6.45, 7) is 0. The van der Waals surface area contributed by atoms with Crippen LogP contribution < -0.4 is 15.5 Å². The first-order valence-corrected chi connectivity index (χ1v) is 11.7. The molecule has 0 saturated carbocycles. The number of hydrogen-bond acceptors (Lipinski definition) is 8. The van der Waals surface area contributed by atoms with E-state index in [0.29, 0.717) is 10.7 Å². The van der Waals surface area contributed by atoms with Gasteiger partial charge < -0.3 is 14.5 Å². The Labute approximate surface area is 230 Å². The molecule has 0 fully saturated rings. The Hall–Kier alpha value is -5.00. The standard InChI is InChI=1S/C26H16Cl2N4O7/c27-17-8-11-19(20(28)13-17)26(35)39-23-16(3-1-4-21(23)32(36)37)14-29-31-24(33)15-6-9-18(10-7-15)30-25(34)22-5-2-12-38-22/h1-14H,(H,30,34)(H,31,33)/b29-14+. The molecule has 0 aliphatic carbocycles. The van der Waals surface area contributed by atoms with Crippen molar-refractivity contribution in [1.29, 1.82) is 0 Å². The number of amides is 2. The zero-order valence-electron chi connectivity index (χ0n) is 19.6. The molecule has 11 nitrogen and oxygen atoms in total. The highest BCUT2D eigenvalue weighted by molar-refractivity contribution is 6.36. The quantitative estimate of drug-likeness (QED) is 0.0907. The van der Waals surface area contributed by atoms with E-state index in [9.17, 15) is 24.5 Å². The van der Waals surface area contributed by atoms with E-state index in [1.807, 2.05) is 0 Å². The molecule has 196 valence electrons. The van der Waals surface area contributed by atoms with E-state index >= 15 is 0 Å². The van der Waals surface area contributed by atoms with Gasteiger partial charge in [0.05, 0.1) is 28.0 Å². The maximum atomic E-state index is 12.7. The molecule has 0 aliphatic rings. The number of halogens is 2. The third-order valence-corrected chi connectivity index (χ3v) is 5.63. The van der Waals surface area contributed by atoms with Crippen molar-refractivity contribution in [3.63, 3.8) is 0 Å². The Morgan fingerprint density at radius 1 is 0.974 bits per heavy atom. The second-order valence-electron chi connectivity index (χ2n) is 7.67. The molecule has 4 aromatic rings. The summed E-state index contributed by atoms with van der Waals surface area (Å²) in [7, 11) is 0. The third-order valence-electron chi connectivity index (χ3n) is 5.09. The molecular weight excluding hydrogens is 551 g/mol. The monoisotopic (exact) mass is 566 g/mol. The smallest absolute Gasteiger partial charge is 0.345 e. The minimum Gasteiger partial charge on any atom is -0.459 e. The lowest BCUT2D eigenvalue weighted by atomic mass is 10.1. The first kappa shape index (κ1) is 27.0. The number of nitrogens with zero attached hydrogens (tertiary/aromatic N) is 2. The molecular formula is C26H16Cl2N4O7. The summed E-state index contributed by atoms with van der Waals surface area (Å²) < 4.78 is 10.3. The van der Waals surface area contributed by atoms with Gasteiger partial charge in [0, 0.05) is 27.9 Å². The largest absolute Gasteiger partial charge is 0.459 e. The number of hydrogen-bond donors (Lipinski definition) is 2. The molecule has 2 N–H and O–H groups in total. The number of nitro groups is 1. The molecule has 0 spiro atoms. The molecule has 1 aromatic heterocycles. The lowest BCUT2D eigenvalue weighted by molar-refractivity contribution is -0.385. The van der Waals surface area contributed by atoms with Crippen LogP contribution in [0.25, 0.3) is 0 Å². The van der Waals surface area contributed by atoms with Crippen LogP contribution in [0, 0.1) is 10.1 Å². The summed E-state index contributed by atoms with van der Waals surface area (Å²) in [6.07, 6.45) is 2.47. The van der Waals surface area contributed by atoms with Crippen LogP contribution in [-0.2, 0) is 0 Å². The van der Waals surface area contributed by atoms with Crippen LogP contribution in [0.5, 0.6) is 5.75 Å².